The number of aromatic nitrogens is 3. The van der Waals surface area contributed by atoms with Gasteiger partial charge in [-0.2, -0.15) is 5.10 Å². The van der Waals surface area contributed by atoms with Crippen LogP contribution in [-0.4, -0.2) is 20.7 Å². The van der Waals surface area contributed by atoms with E-state index in [1.165, 1.54) is 0 Å². The van der Waals surface area contributed by atoms with Gasteiger partial charge in [0.2, 0.25) is 5.91 Å². The number of halogens is 1. The molecule has 2 N–H and O–H groups in total. The summed E-state index contributed by atoms with van der Waals surface area (Å²) in [7, 11) is 0. The molecule has 1 heterocycles. The molecule has 0 aliphatic heterocycles. The van der Waals surface area contributed by atoms with E-state index in [0.29, 0.717) is 34.9 Å². The number of carbonyl (C=O) groups excluding carboxylic acids is 1. The van der Waals surface area contributed by atoms with Crippen molar-refractivity contribution >= 4 is 35.4 Å². The molecule has 5 nitrogen and oxygen atoms in total. The molecule has 116 valence electrons. The highest BCUT2D eigenvalue weighted by Crippen LogP contribution is 2.20. The lowest BCUT2D eigenvalue weighted by Gasteiger charge is -2.07. The molecule has 0 spiro atoms. The normalized spacial score (nSPS) is 10.5. The van der Waals surface area contributed by atoms with Gasteiger partial charge in [-0.15, -0.1) is 6.58 Å². The van der Waals surface area contributed by atoms with Crippen LogP contribution in [-0.2, 0) is 17.8 Å². The summed E-state index contributed by atoms with van der Waals surface area (Å²) in [6.45, 7) is 6.17. The minimum absolute atomic E-state index is 0.0982. The molecule has 0 saturated carbocycles. The first-order chi connectivity index (χ1) is 10.5. The molecule has 1 aromatic carbocycles. The third-order valence-corrected chi connectivity index (χ3v) is 3.90. The van der Waals surface area contributed by atoms with Crippen molar-refractivity contribution in [1.82, 2.24) is 14.8 Å². The maximum atomic E-state index is 12.0. The van der Waals surface area contributed by atoms with Crippen LogP contribution in [0.5, 0.6) is 0 Å². The van der Waals surface area contributed by atoms with Crippen molar-refractivity contribution in [2.45, 2.75) is 26.3 Å². The highest BCUT2D eigenvalue weighted by Gasteiger charge is 2.09. The van der Waals surface area contributed by atoms with Crippen LogP contribution in [0.1, 0.15) is 17.8 Å². The number of rotatable bonds is 6. The van der Waals surface area contributed by atoms with E-state index in [9.17, 15) is 4.79 Å². The van der Waals surface area contributed by atoms with E-state index >= 15 is 0 Å². The smallest absolute Gasteiger partial charge is 0.224 e. The number of aromatic amines is 1. The molecule has 0 saturated heterocycles. The van der Waals surface area contributed by atoms with Crippen LogP contribution in [0.4, 0.5) is 5.69 Å². The zero-order valence-electron chi connectivity index (χ0n) is 12.2. The topological polar surface area (TPSA) is 62.7 Å². The van der Waals surface area contributed by atoms with Gasteiger partial charge in [0.05, 0.1) is 0 Å². The lowest BCUT2D eigenvalue weighted by molar-refractivity contribution is -0.116. The van der Waals surface area contributed by atoms with Crippen LogP contribution in [0.15, 0.2) is 30.9 Å². The number of allylic oxidation sites excluding steroid dienone is 1. The fourth-order valence-corrected chi connectivity index (χ4v) is 2.38. The summed E-state index contributed by atoms with van der Waals surface area (Å²) < 4.78 is 2.35. The summed E-state index contributed by atoms with van der Waals surface area (Å²) in [5.41, 5.74) is 1.66. The highest BCUT2D eigenvalue weighted by atomic mass is 35.5. The Labute approximate surface area is 139 Å². The second kappa shape index (κ2) is 7.38. The largest absolute Gasteiger partial charge is 0.326 e. The van der Waals surface area contributed by atoms with Crippen molar-refractivity contribution < 1.29 is 4.79 Å². The Balaban J connectivity index is 1.97. The summed E-state index contributed by atoms with van der Waals surface area (Å²) in [6, 6.07) is 5.43. The van der Waals surface area contributed by atoms with Crippen molar-refractivity contribution in [3.8, 4) is 0 Å². The average molecular weight is 337 g/mol. The molecule has 0 atom stereocenters. The van der Waals surface area contributed by atoms with Gasteiger partial charge in [-0.05, 0) is 36.8 Å². The Morgan fingerprint density at radius 1 is 1.59 bits per heavy atom. The molecule has 22 heavy (non-hydrogen) atoms. The lowest BCUT2D eigenvalue weighted by atomic mass is 10.2. The van der Waals surface area contributed by atoms with E-state index in [1.807, 2.05) is 23.6 Å². The second-order valence-electron chi connectivity index (χ2n) is 4.86. The van der Waals surface area contributed by atoms with Crippen LogP contribution in [0.2, 0.25) is 5.02 Å². The number of amides is 1. The van der Waals surface area contributed by atoms with Crippen molar-refractivity contribution in [2.75, 3.05) is 5.32 Å². The van der Waals surface area contributed by atoms with E-state index in [0.717, 1.165) is 11.4 Å². The lowest BCUT2D eigenvalue weighted by Crippen LogP contribution is -2.14. The van der Waals surface area contributed by atoms with Gasteiger partial charge in [-0.25, -0.2) is 0 Å². The molecule has 0 radical (unpaired) electrons. The van der Waals surface area contributed by atoms with E-state index in [4.69, 9.17) is 23.8 Å². The number of carbonyl (C=O) groups is 1. The minimum atomic E-state index is -0.0982. The molecular weight excluding hydrogens is 320 g/mol. The van der Waals surface area contributed by atoms with E-state index in [1.54, 1.807) is 12.1 Å². The molecule has 0 unspecified atom stereocenters. The van der Waals surface area contributed by atoms with Crippen LogP contribution in [0.3, 0.4) is 0 Å². The molecule has 1 amide bonds. The average Bonchev–Trinajstić information content (AvgIpc) is 2.82. The number of hydrogen-bond donors (Lipinski definition) is 2. The molecular formula is C15H17ClN4OS. The monoisotopic (exact) mass is 336 g/mol. The molecule has 0 bridgehead atoms. The Bertz CT molecular complexity index is 750. The highest BCUT2D eigenvalue weighted by molar-refractivity contribution is 7.71. The summed E-state index contributed by atoms with van der Waals surface area (Å²) in [5, 5.41) is 10.3. The van der Waals surface area contributed by atoms with Gasteiger partial charge in [0.1, 0.15) is 5.82 Å². The standard InChI is InChI=1S/C15H17ClN4OS/c1-3-8-20-13(18-19-15(20)22)6-7-14(21)17-11-5-4-10(2)12(16)9-11/h3-5,9H,1,6-8H2,2H3,(H,17,21)(H,19,22). The first-order valence-electron chi connectivity index (χ1n) is 6.82. The summed E-state index contributed by atoms with van der Waals surface area (Å²) in [4.78, 5) is 12.0. The van der Waals surface area contributed by atoms with Crippen LogP contribution in [0, 0.1) is 11.7 Å². The van der Waals surface area contributed by atoms with Crippen molar-refractivity contribution in [2.24, 2.45) is 0 Å². The molecule has 0 aliphatic carbocycles. The van der Waals surface area contributed by atoms with Gasteiger partial charge in [0.25, 0.3) is 0 Å². The number of hydrogen-bond acceptors (Lipinski definition) is 3. The van der Waals surface area contributed by atoms with Crippen LogP contribution in [0.25, 0.3) is 0 Å². The SMILES string of the molecule is C=CCn1c(CCC(=O)Nc2ccc(C)c(Cl)c2)n[nH]c1=S. The summed E-state index contributed by atoms with van der Waals surface area (Å²) >= 11 is 11.2. The van der Waals surface area contributed by atoms with Gasteiger partial charge in [0, 0.05) is 30.1 Å². The molecule has 2 rings (SSSR count). The number of anilines is 1. The fraction of sp³-hybridized carbons (Fsp3) is 0.267. The maximum Gasteiger partial charge on any atom is 0.224 e. The predicted molar refractivity (Wildman–Crippen MR) is 90.7 cm³/mol. The molecule has 0 fully saturated rings. The van der Waals surface area contributed by atoms with E-state index in [-0.39, 0.29) is 5.91 Å². The van der Waals surface area contributed by atoms with Crippen LogP contribution >= 0.6 is 23.8 Å². The van der Waals surface area contributed by atoms with Crippen molar-refractivity contribution in [3.63, 3.8) is 0 Å². The molecule has 2 aromatic rings. The maximum absolute atomic E-state index is 12.0. The van der Waals surface area contributed by atoms with Crippen molar-refractivity contribution in [3.05, 3.63) is 52.0 Å². The first kappa shape index (κ1) is 16.5. The minimum Gasteiger partial charge on any atom is -0.326 e. The number of benzene rings is 1. The summed E-state index contributed by atoms with van der Waals surface area (Å²) in [5.74, 6) is 0.640. The zero-order chi connectivity index (χ0) is 16.1. The van der Waals surface area contributed by atoms with E-state index < -0.39 is 0 Å². The molecule has 7 heteroatoms. The number of aryl methyl sites for hydroxylation is 2. The number of nitrogens with one attached hydrogen (secondary N) is 2. The number of nitrogens with zero attached hydrogens (tertiary/aromatic N) is 2. The molecule has 1 aromatic heterocycles. The third kappa shape index (κ3) is 4.05. The Morgan fingerprint density at radius 2 is 2.36 bits per heavy atom. The first-order valence-corrected chi connectivity index (χ1v) is 7.61. The quantitative estimate of drug-likeness (QED) is 0.625. The second-order valence-corrected chi connectivity index (χ2v) is 5.65. The fourth-order valence-electron chi connectivity index (χ4n) is 1.98. The Hall–Kier alpha value is -1.92. The van der Waals surface area contributed by atoms with Crippen molar-refractivity contribution in [1.29, 1.82) is 0 Å². The van der Waals surface area contributed by atoms with Gasteiger partial charge in [0.15, 0.2) is 4.77 Å². The van der Waals surface area contributed by atoms with Gasteiger partial charge < -0.3 is 9.88 Å². The van der Waals surface area contributed by atoms with Gasteiger partial charge in [-0.3, -0.25) is 9.89 Å². The Kier molecular flexibility index (Phi) is 5.51. The van der Waals surface area contributed by atoms with Crippen LogP contribution < -0.4 is 5.32 Å². The predicted octanol–water partition coefficient (Wildman–Crippen LogP) is 3.66. The number of H-pyrrole nitrogens is 1. The van der Waals surface area contributed by atoms with Gasteiger partial charge >= 0.3 is 0 Å². The summed E-state index contributed by atoms with van der Waals surface area (Å²) in [6.07, 6.45) is 2.54. The Morgan fingerprint density at radius 3 is 3.05 bits per heavy atom. The zero-order valence-corrected chi connectivity index (χ0v) is 13.8. The van der Waals surface area contributed by atoms with E-state index in [2.05, 4.69) is 22.1 Å². The van der Waals surface area contributed by atoms with Gasteiger partial charge in [-0.1, -0.05) is 23.7 Å². The molecule has 0 aliphatic rings. The third-order valence-electron chi connectivity index (χ3n) is 3.18.